The Labute approximate surface area is 141 Å². The molecule has 0 aliphatic carbocycles. The van der Waals surface area contributed by atoms with Gasteiger partial charge in [0.25, 0.3) is 5.91 Å². The first-order chi connectivity index (χ1) is 11.6. The molecule has 1 N–H and O–H groups in total. The van der Waals surface area contributed by atoms with E-state index >= 15 is 0 Å². The van der Waals surface area contributed by atoms with Gasteiger partial charge in [-0.3, -0.25) is 4.79 Å². The number of carbonyl (C=O) groups excluding carboxylic acids is 1. The van der Waals surface area contributed by atoms with Crippen molar-refractivity contribution in [3.8, 4) is 5.75 Å². The molecule has 6 nitrogen and oxygen atoms in total. The van der Waals surface area contributed by atoms with Crippen LogP contribution in [-0.4, -0.2) is 51.2 Å². The average molecular weight is 327 g/mol. The maximum atomic E-state index is 12.5. The predicted octanol–water partition coefficient (Wildman–Crippen LogP) is 1.83. The first kappa shape index (κ1) is 16.4. The van der Waals surface area contributed by atoms with Crippen LogP contribution in [0.3, 0.4) is 0 Å². The third-order valence-corrected chi connectivity index (χ3v) is 4.10. The summed E-state index contributed by atoms with van der Waals surface area (Å²) < 4.78 is 5.74. The van der Waals surface area contributed by atoms with Crippen LogP contribution in [-0.2, 0) is 0 Å². The van der Waals surface area contributed by atoms with E-state index in [0.717, 1.165) is 11.3 Å². The number of benzene rings is 1. The summed E-state index contributed by atoms with van der Waals surface area (Å²) in [6, 6.07) is 9.35. The van der Waals surface area contributed by atoms with E-state index in [0.29, 0.717) is 19.4 Å². The molecule has 1 aliphatic heterocycles. The average Bonchev–Trinajstić information content (AvgIpc) is 2.60. The van der Waals surface area contributed by atoms with Crippen molar-refractivity contribution in [2.75, 3.05) is 19.7 Å². The summed E-state index contributed by atoms with van der Waals surface area (Å²) in [5.41, 5.74) is 0.0352. The summed E-state index contributed by atoms with van der Waals surface area (Å²) in [7, 11) is 0. The van der Waals surface area contributed by atoms with Gasteiger partial charge in [0.2, 0.25) is 5.82 Å². The first-order valence-electron chi connectivity index (χ1n) is 8.04. The molecule has 1 saturated heterocycles. The molecule has 126 valence electrons. The number of likely N-dealkylation sites (tertiary alicyclic amines) is 1. The summed E-state index contributed by atoms with van der Waals surface area (Å²) in [5.74, 6) is 0.615. The van der Waals surface area contributed by atoms with Crippen molar-refractivity contribution >= 4 is 5.91 Å². The SMILES string of the molecule is Cc1cccc(OC[C@]2(O)CCCN(C(=O)c3ncccn3)C2)c1. The van der Waals surface area contributed by atoms with Gasteiger partial charge < -0.3 is 14.7 Å². The molecule has 1 amide bonds. The lowest BCUT2D eigenvalue weighted by Crippen LogP contribution is -2.53. The van der Waals surface area contributed by atoms with Gasteiger partial charge in [0.15, 0.2) is 0 Å². The standard InChI is InChI=1S/C18H21N3O3/c1-14-5-2-6-15(11-14)24-13-18(23)7-3-10-21(12-18)17(22)16-19-8-4-9-20-16/h2,4-6,8-9,11,23H,3,7,10,12-13H2,1H3/t18-/m0/s1. The number of ether oxygens (including phenoxy) is 1. The second-order valence-corrected chi connectivity index (χ2v) is 6.23. The molecule has 1 aromatic carbocycles. The lowest BCUT2D eigenvalue weighted by molar-refractivity contribution is -0.0534. The Morgan fingerprint density at radius 1 is 1.33 bits per heavy atom. The van der Waals surface area contributed by atoms with Crippen molar-refractivity contribution in [2.45, 2.75) is 25.4 Å². The lowest BCUT2D eigenvalue weighted by Gasteiger charge is -2.38. The molecule has 3 rings (SSSR count). The van der Waals surface area contributed by atoms with Gasteiger partial charge in [0, 0.05) is 18.9 Å². The van der Waals surface area contributed by atoms with Gasteiger partial charge >= 0.3 is 0 Å². The highest BCUT2D eigenvalue weighted by molar-refractivity contribution is 5.90. The van der Waals surface area contributed by atoms with Crippen LogP contribution in [0.5, 0.6) is 5.75 Å². The van der Waals surface area contributed by atoms with Gasteiger partial charge in [0.05, 0.1) is 6.54 Å². The van der Waals surface area contributed by atoms with E-state index in [2.05, 4.69) is 9.97 Å². The number of hydrogen-bond acceptors (Lipinski definition) is 5. The van der Waals surface area contributed by atoms with Crippen LogP contribution >= 0.6 is 0 Å². The molecule has 1 aliphatic rings. The molecule has 0 radical (unpaired) electrons. The van der Waals surface area contributed by atoms with Crippen LogP contribution in [0.1, 0.15) is 29.0 Å². The van der Waals surface area contributed by atoms with E-state index in [1.165, 1.54) is 12.4 Å². The number of hydrogen-bond donors (Lipinski definition) is 1. The van der Waals surface area contributed by atoms with E-state index in [-0.39, 0.29) is 24.9 Å². The molecule has 1 fully saturated rings. The zero-order valence-electron chi connectivity index (χ0n) is 13.7. The Kier molecular flexibility index (Phi) is 4.76. The van der Waals surface area contributed by atoms with E-state index in [4.69, 9.17) is 4.74 Å². The number of piperidine rings is 1. The largest absolute Gasteiger partial charge is 0.491 e. The highest BCUT2D eigenvalue weighted by atomic mass is 16.5. The molecular weight excluding hydrogens is 306 g/mol. The van der Waals surface area contributed by atoms with Crippen molar-refractivity contribution in [1.82, 2.24) is 14.9 Å². The van der Waals surface area contributed by atoms with Gasteiger partial charge in [-0.05, 0) is 43.5 Å². The zero-order valence-corrected chi connectivity index (χ0v) is 13.7. The summed E-state index contributed by atoms with van der Waals surface area (Å²) in [6.45, 7) is 2.94. The zero-order chi connectivity index (χ0) is 17.0. The van der Waals surface area contributed by atoms with Crippen LogP contribution in [0.15, 0.2) is 42.7 Å². The van der Waals surface area contributed by atoms with Crippen LogP contribution in [0.4, 0.5) is 0 Å². The fraction of sp³-hybridized carbons (Fsp3) is 0.389. The Morgan fingerprint density at radius 3 is 2.88 bits per heavy atom. The summed E-state index contributed by atoms with van der Waals surface area (Å²) in [5, 5.41) is 10.8. The van der Waals surface area contributed by atoms with Gasteiger partial charge in [-0.2, -0.15) is 0 Å². The Morgan fingerprint density at radius 2 is 2.12 bits per heavy atom. The van der Waals surface area contributed by atoms with Crippen LogP contribution in [0.2, 0.25) is 0 Å². The van der Waals surface area contributed by atoms with Gasteiger partial charge in [-0.15, -0.1) is 0 Å². The number of carbonyl (C=O) groups is 1. The Hall–Kier alpha value is -2.47. The second-order valence-electron chi connectivity index (χ2n) is 6.23. The number of rotatable bonds is 4. The Bertz CT molecular complexity index is 708. The fourth-order valence-electron chi connectivity index (χ4n) is 2.88. The fourth-order valence-corrected chi connectivity index (χ4v) is 2.88. The van der Waals surface area contributed by atoms with Crippen molar-refractivity contribution in [1.29, 1.82) is 0 Å². The molecular formula is C18H21N3O3. The molecule has 0 unspecified atom stereocenters. The van der Waals surface area contributed by atoms with Gasteiger partial charge in [-0.1, -0.05) is 12.1 Å². The first-order valence-corrected chi connectivity index (χ1v) is 8.04. The topological polar surface area (TPSA) is 75.6 Å². The third kappa shape index (κ3) is 3.89. The maximum absolute atomic E-state index is 12.5. The number of amides is 1. The predicted molar refractivity (Wildman–Crippen MR) is 88.8 cm³/mol. The second kappa shape index (κ2) is 6.97. The van der Waals surface area contributed by atoms with Crippen molar-refractivity contribution in [3.05, 3.63) is 54.1 Å². The van der Waals surface area contributed by atoms with Crippen molar-refractivity contribution in [2.24, 2.45) is 0 Å². The number of aryl methyl sites for hydroxylation is 1. The normalized spacial score (nSPS) is 20.7. The molecule has 0 spiro atoms. The summed E-state index contributed by atoms with van der Waals surface area (Å²) >= 11 is 0. The molecule has 0 saturated carbocycles. The van der Waals surface area contributed by atoms with E-state index in [1.807, 2.05) is 31.2 Å². The van der Waals surface area contributed by atoms with Crippen molar-refractivity contribution < 1.29 is 14.6 Å². The lowest BCUT2D eigenvalue weighted by atomic mass is 9.93. The Balaban J connectivity index is 1.64. The maximum Gasteiger partial charge on any atom is 0.291 e. The molecule has 2 heterocycles. The summed E-state index contributed by atoms with van der Waals surface area (Å²) in [4.78, 5) is 22.0. The molecule has 24 heavy (non-hydrogen) atoms. The minimum atomic E-state index is -1.06. The number of aromatic nitrogens is 2. The minimum absolute atomic E-state index is 0.149. The highest BCUT2D eigenvalue weighted by Gasteiger charge is 2.37. The van der Waals surface area contributed by atoms with E-state index in [1.54, 1.807) is 11.0 Å². The van der Waals surface area contributed by atoms with Gasteiger partial charge in [0.1, 0.15) is 18.0 Å². The number of aliphatic hydroxyl groups is 1. The van der Waals surface area contributed by atoms with Crippen LogP contribution < -0.4 is 4.74 Å². The quantitative estimate of drug-likeness (QED) is 0.927. The van der Waals surface area contributed by atoms with E-state index in [9.17, 15) is 9.90 Å². The highest BCUT2D eigenvalue weighted by Crippen LogP contribution is 2.24. The van der Waals surface area contributed by atoms with Gasteiger partial charge in [-0.25, -0.2) is 9.97 Å². The monoisotopic (exact) mass is 327 g/mol. The van der Waals surface area contributed by atoms with Crippen LogP contribution in [0, 0.1) is 6.92 Å². The molecule has 2 aromatic rings. The van der Waals surface area contributed by atoms with Crippen LogP contribution in [0.25, 0.3) is 0 Å². The summed E-state index contributed by atoms with van der Waals surface area (Å²) in [6.07, 6.45) is 4.39. The minimum Gasteiger partial charge on any atom is -0.491 e. The third-order valence-electron chi connectivity index (χ3n) is 4.10. The molecule has 6 heteroatoms. The number of nitrogens with zero attached hydrogens (tertiary/aromatic N) is 3. The van der Waals surface area contributed by atoms with Crippen molar-refractivity contribution in [3.63, 3.8) is 0 Å². The molecule has 1 aromatic heterocycles. The smallest absolute Gasteiger partial charge is 0.291 e. The van der Waals surface area contributed by atoms with E-state index < -0.39 is 5.60 Å². The molecule has 1 atom stereocenters. The molecule has 0 bridgehead atoms. The number of β-amino-alcohol motifs (C(OH)–C–C–N with tert-alkyl or cyclic N) is 1.